The van der Waals surface area contributed by atoms with Crippen LogP contribution in [0.25, 0.3) is 0 Å². The molecular formula is C14H10FNO5S. The van der Waals surface area contributed by atoms with E-state index in [1.165, 1.54) is 31.2 Å². The van der Waals surface area contributed by atoms with Crippen LogP contribution >= 0.6 is 11.3 Å². The van der Waals surface area contributed by atoms with Crippen molar-refractivity contribution in [2.24, 2.45) is 0 Å². The molecule has 1 heterocycles. The lowest BCUT2D eigenvalue weighted by atomic mass is 10.1. The number of thiophene rings is 1. The predicted octanol–water partition coefficient (Wildman–Crippen LogP) is 3.22. The Kier molecular flexibility index (Phi) is 4.62. The lowest BCUT2D eigenvalue weighted by molar-refractivity contribution is -0.380. The number of carbonyl (C=O) groups excluding carboxylic acids is 2. The van der Waals surface area contributed by atoms with E-state index in [-0.39, 0.29) is 15.4 Å². The monoisotopic (exact) mass is 323 g/mol. The minimum atomic E-state index is -1.08. The van der Waals surface area contributed by atoms with Gasteiger partial charge in [0.1, 0.15) is 10.7 Å². The topological polar surface area (TPSA) is 86.5 Å². The molecule has 0 saturated carbocycles. The van der Waals surface area contributed by atoms with Crippen LogP contribution in [0.5, 0.6) is 0 Å². The predicted molar refractivity (Wildman–Crippen MR) is 76.6 cm³/mol. The third-order valence-corrected chi connectivity index (χ3v) is 3.77. The molecule has 0 spiro atoms. The molecule has 0 aliphatic heterocycles. The molecule has 1 atom stereocenters. The number of ether oxygens (including phenoxy) is 1. The highest BCUT2D eigenvalue weighted by molar-refractivity contribution is 7.17. The minimum Gasteiger partial charge on any atom is -0.450 e. The van der Waals surface area contributed by atoms with Crippen molar-refractivity contribution in [3.8, 4) is 0 Å². The van der Waals surface area contributed by atoms with E-state index in [0.717, 1.165) is 12.1 Å². The second kappa shape index (κ2) is 6.44. The molecule has 1 aromatic heterocycles. The summed E-state index contributed by atoms with van der Waals surface area (Å²) < 4.78 is 17.8. The molecule has 0 bridgehead atoms. The molecule has 2 aromatic rings. The molecule has 114 valence electrons. The van der Waals surface area contributed by atoms with E-state index in [4.69, 9.17) is 4.74 Å². The first-order valence-corrected chi connectivity index (χ1v) is 6.95. The van der Waals surface area contributed by atoms with Gasteiger partial charge in [0, 0.05) is 11.6 Å². The molecule has 0 N–H and O–H groups in total. The highest BCUT2D eigenvalue weighted by Gasteiger charge is 2.23. The molecular weight excluding hydrogens is 313 g/mol. The zero-order valence-electron chi connectivity index (χ0n) is 11.3. The fourth-order valence-electron chi connectivity index (χ4n) is 1.66. The van der Waals surface area contributed by atoms with Crippen LogP contribution in [0.4, 0.5) is 9.39 Å². The zero-order chi connectivity index (χ0) is 16.3. The Labute approximate surface area is 128 Å². The molecule has 0 aliphatic rings. The Morgan fingerprint density at radius 3 is 2.41 bits per heavy atom. The van der Waals surface area contributed by atoms with E-state index in [1.807, 2.05) is 0 Å². The van der Waals surface area contributed by atoms with Crippen LogP contribution in [0, 0.1) is 15.9 Å². The Morgan fingerprint density at radius 2 is 1.86 bits per heavy atom. The standard InChI is InChI=1S/C14H10FNO5S/c1-8(13(17)9-2-4-10(15)5-3-9)21-14(18)11-6-7-12(22-11)16(19)20/h2-8H,1H3/t8-/m0/s1. The van der Waals surface area contributed by atoms with Crippen molar-refractivity contribution in [3.05, 3.63) is 62.8 Å². The van der Waals surface area contributed by atoms with Gasteiger partial charge in [0.25, 0.3) is 0 Å². The summed E-state index contributed by atoms with van der Waals surface area (Å²) in [6.45, 7) is 1.38. The minimum absolute atomic E-state index is 0.0328. The van der Waals surface area contributed by atoms with Crippen LogP contribution in [-0.2, 0) is 4.74 Å². The lowest BCUT2D eigenvalue weighted by Gasteiger charge is -2.11. The number of halogens is 1. The second-order valence-corrected chi connectivity index (χ2v) is 5.38. The van der Waals surface area contributed by atoms with Crippen LogP contribution in [0.15, 0.2) is 36.4 Å². The highest BCUT2D eigenvalue weighted by Crippen LogP contribution is 2.25. The van der Waals surface area contributed by atoms with Gasteiger partial charge in [0.15, 0.2) is 6.10 Å². The molecule has 2 rings (SSSR count). The van der Waals surface area contributed by atoms with Crippen LogP contribution in [-0.4, -0.2) is 22.8 Å². The van der Waals surface area contributed by atoms with Gasteiger partial charge in [-0.15, -0.1) is 0 Å². The Balaban J connectivity index is 2.05. The molecule has 0 saturated heterocycles. The van der Waals surface area contributed by atoms with Crippen LogP contribution in [0.3, 0.4) is 0 Å². The summed E-state index contributed by atoms with van der Waals surface area (Å²) in [7, 11) is 0. The number of rotatable bonds is 5. The number of ketones is 1. The maximum absolute atomic E-state index is 12.8. The summed E-state index contributed by atoms with van der Waals surface area (Å²) in [6, 6.07) is 7.29. The number of esters is 1. The van der Waals surface area contributed by atoms with E-state index in [9.17, 15) is 24.1 Å². The molecule has 8 heteroatoms. The molecule has 0 fully saturated rings. The van der Waals surface area contributed by atoms with Gasteiger partial charge < -0.3 is 4.74 Å². The van der Waals surface area contributed by atoms with Crippen molar-refractivity contribution in [2.75, 3.05) is 0 Å². The van der Waals surface area contributed by atoms with Gasteiger partial charge in [-0.3, -0.25) is 14.9 Å². The highest BCUT2D eigenvalue weighted by atomic mass is 32.1. The first-order valence-electron chi connectivity index (χ1n) is 6.13. The first kappa shape index (κ1) is 15.8. The fourth-order valence-corrected chi connectivity index (χ4v) is 2.36. The van der Waals surface area contributed by atoms with Crippen molar-refractivity contribution in [2.45, 2.75) is 13.0 Å². The van der Waals surface area contributed by atoms with Gasteiger partial charge in [-0.1, -0.05) is 11.3 Å². The molecule has 6 nitrogen and oxygen atoms in total. The van der Waals surface area contributed by atoms with E-state index in [1.54, 1.807) is 0 Å². The molecule has 0 amide bonds. The number of carbonyl (C=O) groups is 2. The maximum atomic E-state index is 12.8. The molecule has 22 heavy (non-hydrogen) atoms. The number of Topliss-reactive ketones (excluding diaryl/α,β-unsaturated/α-hetero) is 1. The smallest absolute Gasteiger partial charge is 0.349 e. The van der Waals surface area contributed by atoms with Gasteiger partial charge in [-0.05, 0) is 37.3 Å². The summed E-state index contributed by atoms with van der Waals surface area (Å²) >= 11 is 0.666. The quantitative estimate of drug-likeness (QED) is 0.365. The third-order valence-electron chi connectivity index (χ3n) is 2.75. The molecule has 0 radical (unpaired) electrons. The maximum Gasteiger partial charge on any atom is 0.349 e. The number of hydrogen-bond donors (Lipinski definition) is 0. The van der Waals surface area contributed by atoms with Crippen molar-refractivity contribution in [1.29, 1.82) is 0 Å². The largest absolute Gasteiger partial charge is 0.450 e. The van der Waals surface area contributed by atoms with Gasteiger partial charge in [-0.25, -0.2) is 9.18 Å². The summed E-state index contributed by atoms with van der Waals surface area (Å²) in [5.74, 6) is -1.78. The summed E-state index contributed by atoms with van der Waals surface area (Å²) in [5, 5.41) is 10.4. The number of hydrogen-bond acceptors (Lipinski definition) is 6. The van der Waals surface area contributed by atoms with E-state index < -0.39 is 28.6 Å². The SMILES string of the molecule is C[C@H](OC(=O)c1ccc([N+](=O)[O-])s1)C(=O)c1ccc(F)cc1. The summed E-state index contributed by atoms with van der Waals surface area (Å²) in [5.41, 5.74) is 0.207. The average molecular weight is 323 g/mol. The average Bonchev–Trinajstić information content (AvgIpc) is 2.97. The van der Waals surface area contributed by atoms with Gasteiger partial charge in [-0.2, -0.15) is 0 Å². The Bertz CT molecular complexity index is 725. The van der Waals surface area contributed by atoms with Gasteiger partial charge in [0.2, 0.25) is 5.78 Å². The van der Waals surface area contributed by atoms with Crippen molar-refractivity contribution in [3.63, 3.8) is 0 Å². The van der Waals surface area contributed by atoms with Gasteiger partial charge >= 0.3 is 11.0 Å². The molecule has 0 aliphatic carbocycles. The van der Waals surface area contributed by atoms with Crippen LogP contribution in [0.1, 0.15) is 27.0 Å². The zero-order valence-corrected chi connectivity index (χ0v) is 12.1. The van der Waals surface area contributed by atoms with Crippen LogP contribution < -0.4 is 0 Å². The van der Waals surface area contributed by atoms with Crippen molar-refractivity contribution in [1.82, 2.24) is 0 Å². The number of nitrogens with zero attached hydrogens (tertiary/aromatic N) is 1. The first-order chi connectivity index (χ1) is 10.4. The Hall–Kier alpha value is -2.61. The molecule has 1 aromatic carbocycles. The van der Waals surface area contributed by atoms with E-state index in [0.29, 0.717) is 11.3 Å². The van der Waals surface area contributed by atoms with Gasteiger partial charge in [0.05, 0.1) is 4.92 Å². The fraction of sp³-hybridized carbons (Fsp3) is 0.143. The second-order valence-electron chi connectivity index (χ2n) is 4.31. The van der Waals surface area contributed by atoms with Crippen molar-refractivity contribution < 1.29 is 23.6 Å². The number of nitro groups is 1. The molecule has 0 unspecified atom stereocenters. The normalized spacial score (nSPS) is 11.7. The summed E-state index contributed by atoms with van der Waals surface area (Å²) in [4.78, 5) is 33.8. The van der Waals surface area contributed by atoms with E-state index >= 15 is 0 Å². The summed E-state index contributed by atoms with van der Waals surface area (Å²) in [6.07, 6.45) is -1.08. The Morgan fingerprint density at radius 1 is 1.23 bits per heavy atom. The van der Waals surface area contributed by atoms with Crippen LogP contribution in [0.2, 0.25) is 0 Å². The lowest BCUT2D eigenvalue weighted by Crippen LogP contribution is -2.24. The number of benzene rings is 1. The third kappa shape index (κ3) is 3.53. The van der Waals surface area contributed by atoms with E-state index in [2.05, 4.69) is 0 Å². The van der Waals surface area contributed by atoms with Crippen molar-refractivity contribution >= 4 is 28.1 Å².